The topological polar surface area (TPSA) is 131 Å². The average Bonchev–Trinajstić information content (AvgIpc) is 3.15. The van der Waals surface area contributed by atoms with Gasteiger partial charge in [-0.2, -0.15) is 0 Å². The summed E-state index contributed by atoms with van der Waals surface area (Å²) in [5.41, 5.74) is 1.33. The summed E-state index contributed by atoms with van der Waals surface area (Å²) in [5, 5.41) is 2.53. The van der Waals surface area contributed by atoms with Crippen LogP contribution in [-0.4, -0.2) is 78.2 Å². The monoisotopic (exact) mass is 477 g/mol. The van der Waals surface area contributed by atoms with Gasteiger partial charge < -0.3 is 9.64 Å². The lowest BCUT2D eigenvalue weighted by molar-refractivity contribution is -0.114. The second-order valence-electron chi connectivity index (χ2n) is 7.39. The number of nitrogens with one attached hydrogen (secondary N) is 1. The van der Waals surface area contributed by atoms with Crippen LogP contribution < -0.4 is 10.2 Å². The molecule has 32 heavy (non-hydrogen) atoms. The first-order valence-corrected chi connectivity index (χ1v) is 12.5. The minimum Gasteiger partial charge on any atom is -0.378 e. The number of anilines is 2. The van der Waals surface area contributed by atoms with Gasteiger partial charge in [-0.15, -0.1) is 11.3 Å². The minimum absolute atomic E-state index is 0.206. The van der Waals surface area contributed by atoms with Crippen molar-refractivity contribution in [3.05, 3.63) is 23.3 Å². The van der Waals surface area contributed by atoms with Gasteiger partial charge in [-0.1, -0.05) is 0 Å². The zero-order chi connectivity index (χ0) is 22.9. The van der Waals surface area contributed by atoms with Crippen LogP contribution in [0.3, 0.4) is 0 Å². The second-order valence-corrected chi connectivity index (χ2v) is 10.6. The van der Waals surface area contributed by atoms with Crippen molar-refractivity contribution in [1.29, 1.82) is 0 Å². The van der Waals surface area contributed by atoms with Crippen LogP contribution in [0.15, 0.2) is 18.5 Å². The van der Waals surface area contributed by atoms with Crippen molar-refractivity contribution in [2.75, 3.05) is 49.8 Å². The number of carbonyl (C=O) groups excluding carboxylic acids is 1. The number of rotatable bonds is 6. The Bertz CT molecular complexity index is 1240. The molecule has 0 radical (unpaired) electrons. The molecule has 1 saturated heterocycles. The van der Waals surface area contributed by atoms with Gasteiger partial charge in [0.2, 0.25) is 21.9 Å². The van der Waals surface area contributed by atoms with Crippen LogP contribution in [0.1, 0.15) is 11.8 Å². The molecule has 1 N–H and O–H groups in total. The highest BCUT2D eigenvalue weighted by atomic mass is 32.2. The number of sulfonamides is 1. The molecule has 13 heteroatoms. The van der Waals surface area contributed by atoms with Crippen LogP contribution in [0.2, 0.25) is 0 Å². The van der Waals surface area contributed by atoms with E-state index < -0.39 is 10.0 Å². The molecule has 11 nitrogen and oxygen atoms in total. The van der Waals surface area contributed by atoms with Gasteiger partial charge in [0.25, 0.3) is 0 Å². The summed E-state index contributed by atoms with van der Waals surface area (Å²) < 4.78 is 31.3. The van der Waals surface area contributed by atoms with Crippen molar-refractivity contribution in [2.24, 2.45) is 0 Å². The maximum atomic E-state index is 11.8. The fourth-order valence-corrected chi connectivity index (χ4v) is 4.78. The Labute approximate surface area is 189 Å². The molecule has 0 spiro atoms. The van der Waals surface area contributed by atoms with Gasteiger partial charge in [0.15, 0.2) is 11.6 Å². The fraction of sp³-hybridized carbons (Fsp3) is 0.421. The predicted molar refractivity (Wildman–Crippen MR) is 122 cm³/mol. The molecule has 4 heterocycles. The molecule has 0 atom stereocenters. The average molecular weight is 478 g/mol. The molecule has 170 valence electrons. The standard InChI is InChI=1S/C19H23N7O4S2/c1-12(27)22-19-20-9-13(10-21-19)17-23-15-8-14(11-25(2)32(3,28)29)31-16(15)18(24-17)26-4-6-30-7-5-26/h8-10H,4-7,11H2,1-3H3,(H,20,21,22,27). The van der Waals surface area contributed by atoms with Crippen molar-refractivity contribution < 1.29 is 17.9 Å². The maximum Gasteiger partial charge on any atom is 0.229 e. The van der Waals surface area contributed by atoms with E-state index in [0.717, 1.165) is 20.9 Å². The lowest BCUT2D eigenvalue weighted by Gasteiger charge is -2.28. The number of carbonyl (C=O) groups is 1. The Balaban J connectivity index is 1.75. The summed E-state index contributed by atoms with van der Waals surface area (Å²) in [4.78, 5) is 32.0. The number of morpholine rings is 1. The molecule has 1 fully saturated rings. The van der Waals surface area contributed by atoms with Crippen LogP contribution >= 0.6 is 11.3 Å². The van der Waals surface area contributed by atoms with Gasteiger partial charge >= 0.3 is 0 Å². The molecule has 1 amide bonds. The summed E-state index contributed by atoms with van der Waals surface area (Å²) in [6.07, 6.45) is 4.31. The summed E-state index contributed by atoms with van der Waals surface area (Å²) in [6.45, 7) is 4.24. The van der Waals surface area contributed by atoms with Crippen molar-refractivity contribution in [1.82, 2.24) is 24.2 Å². The van der Waals surface area contributed by atoms with E-state index in [1.807, 2.05) is 6.07 Å². The molecule has 0 bridgehead atoms. The van der Waals surface area contributed by atoms with E-state index in [4.69, 9.17) is 9.72 Å². The molecule has 4 rings (SSSR count). The third-order valence-corrected chi connectivity index (χ3v) is 7.22. The predicted octanol–water partition coefficient (Wildman–Crippen LogP) is 1.33. The van der Waals surface area contributed by atoms with Crippen molar-refractivity contribution in [2.45, 2.75) is 13.5 Å². The number of hydrogen-bond acceptors (Lipinski definition) is 10. The number of ether oxygens (including phenoxy) is 1. The van der Waals surface area contributed by atoms with Crippen LogP contribution in [0, 0.1) is 0 Å². The molecule has 3 aromatic heterocycles. The molecule has 0 unspecified atom stereocenters. The third kappa shape index (κ3) is 5.01. The zero-order valence-electron chi connectivity index (χ0n) is 17.9. The first kappa shape index (κ1) is 22.5. The Morgan fingerprint density at radius 1 is 1.25 bits per heavy atom. The maximum absolute atomic E-state index is 11.8. The van der Waals surface area contributed by atoms with Gasteiger partial charge in [0.05, 0.1) is 35.2 Å². The van der Waals surface area contributed by atoms with E-state index in [1.165, 1.54) is 28.8 Å². The van der Waals surface area contributed by atoms with E-state index in [0.29, 0.717) is 37.7 Å². The summed E-state index contributed by atoms with van der Waals surface area (Å²) in [6, 6.07) is 1.89. The summed E-state index contributed by atoms with van der Waals surface area (Å²) >= 11 is 1.48. The van der Waals surface area contributed by atoms with Crippen molar-refractivity contribution >= 4 is 49.3 Å². The summed E-state index contributed by atoms with van der Waals surface area (Å²) in [7, 11) is -1.75. The summed E-state index contributed by atoms with van der Waals surface area (Å²) in [5.74, 6) is 1.18. The highest BCUT2D eigenvalue weighted by molar-refractivity contribution is 7.88. The second kappa shape index (κ2) is 9.02. The van der Waals surface area contributed by atoms with Gasteiger partial charge in [-0.3, -0.25) is 10.1 Å². The Morgan fingerprint density at radius 2 is 1.94 bits per heavy atom. The van der Waals surface area contributed by atoms with Gasteiger partial charge in [0.1, 0.15) is 0 Å². The number of amides is 1. The van der Waals surface area contributed by atoms with E-state index in [2.05, 4.69) is 25.2 Å². The number of thiophene rings is 1. The van der Waals surface area contributed by atoms with E-state index >= 15 is 0 Å². The number of fused-ring (bicyclic) bond motifs is 1. The molecular formula is C19H23N7O4S2. The number of nitrogens with zero attached hydrogens (tertiary/aromatic N) is 6. The zero-order valence-corrected chi connectivity index (χ0v) is 19.5. The van der Waals surface area contributed by atoms with E-state index in [1.54, 1.807) is 19.4 Å². The lowest BCUT2D eigenvalue weighted by Crippen LogP contribution is -2.36. The Kier molecular flexibility index (Phi) is 6.33. The normalized spacial score (nSPS) is 14.8. The Hall–Kier alpha value is -2.74. The van der Waals surface area contributed by atoms with Crippen LogP contribution in [-0.2, 0) is 26.1 Å². The van der Waals surface area contributed by atoms with Gasteiger partial charge in [-0.05, 0) is 6.07 Å². The minimum atomic E-state index is -3.30. The smallest absolute Gasteiger partial charge is 0.229 e. The molecule has 0 saturated carbocycles. The lowest BCUT2D eigenvalue weighted by atomic mass is 10.3. The Morgan fingerprint density at radius 3 is 2.56 bits per heavy atom. The van der Waals surface area contributed by atoms with E-state index in [-0.39, 0.29) is 18.4 Å². The molecule has 3 aromatic rings. The third-order valence-electron chi connectivity index (χ3n) is 4.86. The molecule has 0 aromatic carbocycles. The van der Waals surface area contributed by atoms with Crippen LogP contribution in [0.5, 0.6) is 0 Å². The first-order chi connectivity index (χ1) is 15.2. The van der Waals surface area contributed by atoms with E-state index in [9.17, 15) is 13.2 Å². The number of aromatic nitrogens is 4. The highest BCUT2D eigenvalue weighted by Gasteiger charge is 2.21. The van der Waals surface area contributed by atoms with Crippen LogP contribution in [0.25, 0.3) is 21.6 Å². The largest absolute Gasteiger partial charge is 0.378 e. The number of hydrogen-bond donors (Lipinski definition) is 1. The van der Waals surface area contributed by atoms with Crippen molar-refractivity contribution in [3.63, 3.8) is 0 Å². The molecule has 0 aliphatic carbocycles. The molecule has 1 aliphatic heterocycles. The molecular weight excluding hydrogens is 454 g/mol. The van der Waals surface area contributed by atoms with Crippen molar-refractivity contribution in [3.8, 4) is 11.4 Å². The fourth-order valence-electron chi connectivity index (χ4n) is 3.16. The quantitative estimate of drug-likeness (QED) is 0.559. The molecule has 1 aliphatic rings. The SMILES string of the molecule is CC(=O)Nc1ncc(-c2nc(N3CCOCC3)c3sc(CN(C)S(C)(=O)=O)cc3n2)cn1. The first-order valence-electron chi connectivity index (χ1n) is 9.85. The van der Waals surface area contributed by atoms with Gasteiger partial charge in [0, 0.05) is 50.9 Å². The highest BCUT2D eigenvalue weighted by Crippen LogP contribution is 2.35. The van der Waals surface area contributed by atoms with Crippen LogP contribution in [0.4, 0.5) is 11.8 Å². The van der Waals surface area contributed by atoms with Gasteiger partial charge in [-0.25, -0.2) is 32.7 Å².